The van der Waals surface area contributed by atoms with Crippen LogP contribution in [0.2, 0.25) is 0 Å². The molecule has 1 saturated heterocycles. The number of carbonyl (C=O) groups excluding carboxylic acids is 17. The summed E-state index contributed by atoms with van der Waals surface area (Å²) in [5.74, 6) is -15.7. The first-order valence-electron chi connectivity index (χ1n) is 44.0. The summed E-state index contributed by atoms with van der Waals surface area (Å²) in [4.78, 5) is 253. The SMILES string of the molecule is CC(=O)NCCCC[C@@H]1NC(=O)[C@H](Cc2c[nH]c3c(C)cccc23)NC(=O)[C@H]([C@@H](C)O)NC(=O)[C@H](CC(N)=O)NC(=O)[C@@H](NC(C)=O)C(C)(C)SSC(C)(C)[C@@H](C(=O)N[C@@H](Cc2ccc(OCCN)cc2)C(=O)N[C@@H](Cc2ccc3ccccc3c2)C(=O)N(C)[C@@H](CCCCN)C(=O)N[C@@H](CCCCNC(C)=O)C(=O)N[C@@H](CC(N)=O)C(=O)N[C@@H](Cc2cncn2C)C(N)=O)NC1=O. The molecule has 1 aliphatic heterocycles. The summed E-state index contributed by atoms with van der Waals surface area (Å²) < 4.78 is 4.16. The summed E-state index contributed by atoms with van der Waals surface area (Å²) in [7, 11) is 4.76. The van der Waals surface area contributed by atoms with E-state index in [2.05, 4.69) is 79.1 Å². The van der Waals surface area contributed by atoms with E-state index in [9.17, 15) is 57.8 Å². The molecular weight excluding hydrogens is 1760 g/mol. The number of H-pyrrole nitrogens is 1. The molecule has 0 spiro atoms. The Bertz CT molecular complexity index is 5120. The molecule has 0 bridgehead atoms. The van der Waals surface area contributed by atoms with E-state index in [1.165, 1.54) is 61.1 Å². The van der Waals surface area contributed by atoms with Crippen molar-refractivity contribution < 1.29 is 91.4 Å². The van der Waals surface area contributed by atoms with Crippen LogP contribution in [0, 0.1) is 6.92 Å². The second-order valence-electron chi connectivity index (χ2n) is 34.2. The number of aryl methyl sites for hydroxylation is 2. The summed E-state index contributed by atoms with van der Waals surface area (Å²) in [6.45, 7) is 13.5. The van der Waals surface area contributed by atoms with Gasteiger partial charge in [-0.2, -0.15) is 0 Å². The summed E-state index contributed by atoms with van der Waals surface area (Å²) in [5, 5.41) is 48.2. The highest BCUT2D eigenvalue weighted by atomic mass is 33.1. The topological polar surface area (TPSA) is 643 Å². The minimum Gasteiger partial charge on any atom is -0.492 e. The molecule has 133 heavy (non-hydrogen) atoms. The number of carbonyl (C=O) groups is 17. The van der Waals surface area contributed by atoms with Gasteiger partial charge in [0, 0.05) is 119 Å². The molecule has 724 valence electrons. The van der Waals surface area contributed by atoms with Crippen LogP contribution in [0.1, 0.15) is 154 Å². The van der Waals surface area contributed by atoms with Gasteiger partial charge in [-0.1, -0.05) is 94.4 Å². The molecule has 43 heteroatoms. The van der Waals surface area contributed by atoms with Crippen LogP contribution >= 0.6 is 21.6 Å². The van der Waals surface area contributed by atoms with Crippen LogP contribution in [0.15, 0.2) is 104 Å². The van der Waals surface area contributed by atoms with E-state index in [1.807, 2.05) is 31.2 Å². The minimum atomic E-state index is -1.93. The largest absolute Gasteiger partial charge is 0.492 e. The van der Waals surface area contributed by atoms with Crippen LogP contribution in [0.5, 0.6) is 5.75 Å². The number of imidazole rings is 1. The average Bonchev–Trinajstić information content (AvgIpc) is 1.77. The Morgan fingerprint density at radius 3 is 1.80 bits per heavy atom. The first kappa shape index (κ1) is 107. The van der Waals surface area contributed by atoms with E-state index in [1.54, 1.807) is 78.5 Å². The highest BCUT2D eigenvalue weighted by Gasteiger charge is 2.47. The molecule has 0 unspecified atom stereocenters. The Balaban J connectivity index is 1.37. The van der Waals surface area contributed by atoms with E-state index in [-0.39, 0.29) is 122 Å². The fourth-order valence-electron chi connectivity index (χ4n) is 15.0. The van der Waals surface area contributed by atoms with Gasteiger partial charge in [0.2, 0.25) is 100 Å². The smallest absolute Gasteiger partial charge is 0.245 e. The van der Waals surface area contributed by atoms with E-state index < -0.39 is 190 Å². The number of nitrogens with one attached hydrogen (secondary N) is 14. The number of fused-ring (bicyclic) bond motifs is 2. The van der Waals surface area contributed by atoms with Gasteiger partial charge in [-0.3, -0.25) is 81.5 Å². The number of aromatic nitrogens is 3. The lowest BCUT2D eigenvalue weighted by Gasteiger charge is -2.39. The van der Waals surface area contributed by atoms with Crippen LogP contribution in [0.4, 0.5) is 0 Å². The highest BCUT2D eigenvalue weighted by Crippen LogP contribution is 2.47. The molecule has 0 aliphatic carbocycles. The lowest BCUT2D eigenvalue weighted by molar-refractivity contribution is -0.143. The number of aliphatic hydroxyl groups excluding tert-OH is 1. The van der Waals surface area contributed by atoms with Crippen molar-refractivity contribution in [2.75, 3.05) is 39.8 Å². The number of benzene rings is 4. The third-order valence-electron chi connectivity index (χ3n) is 22.4. The molecule has 1 aliphatic rings. The molecule has 1 fully saturated rings. The number of primary amides is 3. The molecule has 0 radical (unpaired) electrons. The van der Waals surface area contributed by atoms with Crippen LogP contribution in [-0.4, -0.2) is 253 Å². The lowest BCUT2D eigenvalue weighted by atomic mass is 9.97. The number of unbranched alkanes of at least 4 members (excludes halogenated alkanes) is 3. The first-order valence-corrected chi connectivity index (χ1v) is 46.1. The minimum absolute atomic E-state index is 0.107. The number of nitrogens with two attached hydrogens (primary N) is 5. The van der Waals surface area contributed by atoms with Crippen molar-refractivity contribution in [1.82, 2.24) is 88.6 Å². The van der Waals surface area contributed by atoms with Crippen molar-refractivity contribution in [2.45, 2.75) is 247 Å². The number of para-hydroxylation sites is 1. The van der Waals surface area contributed by atoms with Gasteiger partial charge in [0.15, 0.2) is 0 Å². The van der Waals surface area contributed by atoms with Gasteiger partial charge in [-0.05, 0) is 151 Å². The van der Waals surface area contributed by atoms with Gasteiger partial charge >= 0.3 is 0 Å². The number of likely N-dealkylation sites (N-methyl/N-ethyl adjacent to an activating group) is 1. The lowest BCUT2D eigenvalue weighted by Crippen LogP contribution is -2.65. The van der Waals surface area contributed by atoms with Gasteiger partial charge < -0.3 is 122 Å². The fraction of sp³-hybridized carbons (Fsp3) is 0.511. The van der Waals surface area contributed by atoms with Crippen molar-refractivity contribution in [3.8, 4) is 5.75 Å². The summed E-state index contributed by atoms with van der Waals surface area (Å²) in [6.07, 6.45) is 0.646. The van der Waals surface area contributed by atoms with Crippen LogP contribution in [0.25, 0.3) is 21.7 Å². The van der Waals surface area contributed by atoms with Gasteiger partial charge in [-0.15, -0.1) is 0 Å². The van der Waals surface area contributed by atoms with Crippen molar-refractivity contribution in [3.05, 3.63) is 132 Å². The molecule has 3 heterocycles. The Morgan fingerprint density at radius 1 is 0.586 bits per heavy atom. The maximum atomic E-state index is 16.4. The number of amides is 17. The van der Waals surface area contributed by atoms with Gasteiger partial charge in [0.05, 0.1) is 25.3 Å². The van der Waals surface area contributed by atoms with Crippen molar-refractivity contribution in [2.24, 2.45) is 35.7 Å². The molecule has 0 saturated carbocycles. The number of rotatable bonds is 44. The maximum absolute atomic E-state index is 16.4. The zero-order valence-corrected chi connectivity index (χ0v) is 78.4. The quantitative estimate of drug-likeness (QED) is 0.0152. The zero-order valence-electron chi connectivity index (χ0n) is 76.8. The molecule has 13 atom stereocenters. The monoisotopic (exact) mass is 1880 g/mol. The van der Waals surface area contributed by atoms with E-state index in [4.69, 9.17) is 33.4 Å². The Morgan fingerprint density at radius 2 is 1.17 bits per heavy atom. The third kappa shape index (κ3) is 33.2. The predicted octanol–water partition coefficient (Wildman–Crippen LogP) is -1.54. The van der Waals surface area contributed by atoms with Crippen LogP contribution in [-0.2, 0) is 114 Å². The second kappa shape index (κ2) is 51.3. The zero-order chi connectivity index (χ0) is 98.1. The molecule has 4 aromatic carbocycles. The van der Waals surface area contributed by atoms with Crippen LogP contribution in [0.3, 0.4) is 0 Å². The molecule has 41 nitrogen and oxygen atoms in total. The normalized spacial score (nSPS) is 18.8. The molecule has 7 rings (SSSR count). The number of ether oxygens (including phenoxy) is 1. The van der Waals surface area contributed by atoms with Crippen molar-refractivity contribution in [3.63, 3.8) is 0 Å². The van der Waals surface area contributed by atoms with Gasteiger partial charge in [0.1, 0.15) is 84.9 Å². The number of hydrogen-bond donors (Lipinski definition) is 20. The highest BCUT2D eigenvalue weighted by molar-refractivity contribution is 8.77. The van der Waals surface area contributed by atoms with E-state index >= 15 is 28.8 Å². The van der Waals surface area contributed by atoms with Crippen LogP contribution < -0.4 is 103 Å². The average molecular weight is 1890 g/mol. The standard InChI is InChI=1S/C90H128N22O19S2/c1-49-21-20-24-61-58(46-99-73(49)61)42-66-81(123)101-63(26-16-19-37-98-52(4)115)79(121)110-76(90(8,9)133-132-89(6,7)75(100-53(5)116)86(128)107-68(45-72(94)118)83(125)109-74(50(2)113)85(127)105-66)87(129)106-65(40-54-29-32-60(33-30-54)131-38-35-92)80(122)108-69(41-55-28-31-56-22-12-13-23-57(56)39-55)88(130)112(11)70(27-14-17-34-91)84(126)102-62(25-15-18-36-97-51(3)114)78(120)104-67(44-71(93)117)82(124)103-64(77(95)119)43-59-47-96-48-111(59)10/h12-13,20-24,28-33,39,46-48,50,62-70,74-76,99,113H,14-19,25-27,34-38,40-45,91-92H2,1-11H3,(H2,93,117)(H2,94,118)(H2,95,119)(H,97,114)(H,98,115)(H,100,116)(H,101,123)(H,102,126)(H,103,124)(H,104,120)(H,105,127)(H,106,129)(H,107,128)(H,108,122)(H,109,125)(H,110,121)/t50-,62+,63+,64+,65+,66+,67+,68+,69+,70+,74+,75-,76-/m1/s1. The van der Waals surface area contributed by atoms with Crippen molar-refractivity contribution >= 4 is 144 Å². The number of aromatic amines is 1. The fourth-order valence-corrected chi connectivity index (χ4v) is 17.8. The maximum Gasteiger partial charge on any atom is 0.245 e. The molecule has 17 amide bonds. The predicted molar refractivity (Wildman–Crippen MR) is 499 cm³/mol. The van der Waals surface area contributed by atoms with Gasteiger partial charge in [0.25, 0.3) is 0 Å². The first-order chi connectivity index (χ1) is 62.9. The third-order valence-corrected chi connectivity index (χ3v) is 26.6. The molecule has 2 aromatic heterocycles. The van der Waals surface area contributed by atoms with E-state index in [0.717, 1.165) is 56.7 Å². The Labute approximate surface area is 779 Å². The Kier molecular flexibility index (Phi) is 41.4. The summed E-state index contributed by atoms with van der Waals surface area (Å²) in [5.41, 5.74) is 32.2. The number of aliphatic hydroxyl groups is 1. The summed E-state index contributed by atoms with van der Waals surface area (Å²) >= 11 is 0. The Hall–Kier alpha value is -12.7. The van der Waals surface area contributed by atoms with Gasteiger partial charge in [-0.25, -0.2) is 4.98 Å². The summed E-state index contributed by atoms with van der Waals surface area (Å²) in [6, 6.07) is 4.14. The van der Waals surface area contributed by atoms with Crippen molar-refractivity contribution in [1.29, 1.82) is 0 Å². The molecule has 6 aromatic rings. The second-order valence-corrected chi connectivity index (χ2v) is 37.6. The molecule has 25 N–H and O–H groups in total. The number of nitrogens with zero attached hydrogens (tertiary/aromatic N) is 3. The van der Waals surface area contributed by atoms with E-state index in [0.29, 0.717) is 45.5 Å². The number of hydrogen-bond acceptors (Lipinski definition) is 24. The molecular formula is C90H128N22O19S2.